The monoisotopic (exact) mass is 981 g/mol. The SMILES string of the molecule is CC=NC(Cl)Cl.COCOc1cc2occc2c2c1C(=O)O[C@@H](C)[C@H](C)/C=C\C(C)[C@H]1OC(C)(C)O[C@H]1CC=C2.C[C@@H]1/C=C\C(=O)[C@@H](O)[C@@H](O)C/C=C/c2c(c(O)cc3occc23)C(=O)O[C@H]1C. The summed E-state index contributed by atoms with van der Waals surface area (Å²) in [6.45, 7) is 15.1. The van der Waals surface area contributed by atoms with E-state index in [1.807, 2.05) is 45.9 Å². The number of cyclic esters (lactones) is 2. The maximum Gasteiger partial charge on any atom is 0.342 e. The van der Waals surface area contributed by atoms with Gasteiger partial charge in [0, 0.05) is 58.9 Å². The smallest absolute Gasteiger partial charge is 0.342 e. The number of aliphatic hydroxyl groups is 2. The molecule has 1 saturated heterocycles. The molecule has 0 amide bonds. The lowest BCUT2D eigenvalue weighted by Crippen LogP contribution is -2.32. The lowest BCUT2D eigenvalue weighted by molar-refractivity contribution is -0.148. The predicted octanol–water partition coefficient (Wildman–Crippen LogP) is 10.1. The fourth-order valence-electron chi connectivity index (χ4n) is 7.60. The number of phenols is 1. The number of phenolic OH excluding ortho intramolecular Hbond substituents is 1. The molecule has 4 aromatic rings. The highest BCUT2D eigenvalue weighted by molar-refractivity contribution is 6.44. The Hall–Kier alpha value is -5.26. The van der Waals surface area contributed by atoms with Crippen LogP contribution in [0.3, 0.4) is 0 Å². The summed E-state index contributed by atoms with van der Waals surface area (Å²) < 4.78 is 45.7. The highest BCUT2D eigenvalue weighted by Gasteiger charge is 2.42. The van der Waals surface area contributed by atoms with Gasteiger partial charge in [-0.2, -0.15) is 0 Å². The molecule has 9 atom stereocenters. The van der Waals surface area contributed by atoms with Gasteiger partial charge in [0.2, 0.25) is 0 Å². The molecule has 0 aliphatic carbocycles. The largest absolute Gasteiger partial charge is 0.507 e. The number of hydrogen-bond acceptors (Lipinski definition) is 15. The molecule has 15 nitrogen and oxygen atoms in total. The molecule has 0 bridgehead atoms. The van der Waals surface area contributed by atoms with E-state index >= 15 is 0 Å². The number of benzene rings is 2. The van der Waals surface area contributed by atoms with Gasteiger partial charge in [0.05, 0.1) is 30.8 Å². The van der Waals surface area contributed by atoms with Crippen molar-refractivity contribution in [3.8, 4) is 11.5 Å². The van der Waals surface area contributed by atoms with Gasteiger partial charge in [-0.15, -0.1) is 0 Å². The molecule has 17 heteroatoms. The van der Waals surface area contributed by atoms with Crippen LogP contribution in [0.25, 0.3) is 34.1 Å². The summed E-state index contributed by atoms with van der Waals surface area (Å²) in [4.78, 5) is 41.2. The van der Waals surface area contributed by atoms with E-state index in [1.54, 1.807) is 45.4 Å². The van der Waals surface area contributed by atoms with Gasteiger partial charge in [0.1, 0.15) is 52.1 Å². The number of aliphatic imine (C=N–C) groups is 1. The number of hydrogen-bond donors (Lipinski definition) is 3. The highest BCUT2D eigenvalue weighted by Crippen LogP contribution is 2.38. The number of furan rings is 2. The molecule has 2 aromatic carbocycles. The zero-order valence-corrected chi connectivity index (χ0v) is 41.1. The number of carbonyl (C=O) groups is 3. The maximum absolute atomic E-state index is 13.4. The zero-order chi connectivity index (χ0) is 49.9. The minimum atomic E-state index is -1.56. The van der Waals surface area contributed by atoms with Crippen molar-refractivity contribution in [3.05, 3.63) is 95.5 Å². The van der Waals surface area contributed by atoms with E-state index in [9.17, 15) is 29.7 Å². The van der Waals surface area contributed by atoms with Crippen LogP contribution in [-0.2, 0) is 28.5 Å². The van der Waals surface area contributed by atoms with E-state index in [4.69, 9.17) is 60.5 Å². The molecule has 0 radical (unpaired) electrons. The molecule has 3 aliphatic heterocycles. The molecule has 0 saturated carbocycles. The van der Waals surface area contributed by atoms with E-state index in [0.717, 1.165) is 5.39 Å². The van der Waals surface area contributed by atoms with Gasteiger partial charge >= 0.3 is 11.9 Å². The van der Waals surface area contributed by atoms with Crippen LogP contribution in [0.2, 0.25) is 0 Å². The van der Waals surface area contributed by atoms with Crippen LogP contribution in [0.1, 0.15) is 100 Å². The Labute approximate surface area is 405 Å². The van der Waals surface area contributed by atoms with Crippen molar-refractivity contribution in [2.24, 2.45) is 22.7 Å². The van der Waals surface area contributed by atoms with Crippen LogP contribution in [-0.4, -0.2) is 101 Å². The fourth-order valence-corrected chi connectivity index (χ4v) is 7.83. The average molecular weight is 983 g/mol. The number of aliphatic hydroxyl groups excluding tert-OH is 2. The number of fused-ring (bicyclic) bond motifs is 7. The second-order valence-electron chi connectivity index (χ2n) is 17.1. The van der Waals surface area contributed by atoms with Gasteiger partial charge in [-0.1, -0.05) is 86.5 Å². The maximum atomic E-state index is 13.4. The van der Waals surface area contributed by atoms with Crippen LogP contribution in [0.5, 0.6) is 11.5 Å². The Bertz CT molecular complexity index is 2520. The Morgan fingerprint density at radius 3 is 1.94 bits per heavy atom. The van der Waals surface area contributed by atoms with E-state index in [1.165, 1.54) is 43.7 Å². The van der Waals surface area contributed by atoms with Crippen molar-refractivity contribution >= 4 is 81.2 Å². The third kappa shape index (κ3) is 13.7. The lowest BCUT2D eigenvalue weighted by Gasteiger charge is -2.23. The molecule has 1 unspecified atom stereocenters. The van der Waals surface area contributed by atoms with E-state index < -0.39 is 46.8 Å². The molecule has 7 rings (SSSR count). The summed E-state index contributed by atoms with van der Waals surface area (Å²) >= 11 is 10.3. The van der Waals surface area contributed by atoms with E-state index in [-0.39, 0.29) is 60.6 Å². The molecular weight excluding hydrogens is 921 g/mol. The van der Waals surface area contributed by atoms with Crippen LogP contribution in [0.15, 0.2) is 87.1 Å². The number of alkyl halides is 2. The number of halogens is 2. The van der Waals surface area contributed by atoms with Crippen LogP contribution in [0.4, 0.5) is 0 Å². The minimum absolute atomic E-state index is 0.00288. The van der Waals surface area contributed by atoms with Gasteiger partial charge in [-0.3, -0.25) is 9.79 Å². The quantitative estimate of drug-likeness (QED) is 0.0435. The predicted molar refractivity (Wildman–Crippen MR) is 260 cm³/mol. The van der Waals surface area contributed by atoms with Crippen molar-refractivity contribution in [3.63, 3.8) is 0 Å². The third-order valence-corrected chi connectivity index (χ3v) is 11.8. The van der Waals surface area contributed by atoms with Crippen molar-refractivity contribution in [1.29, 1.82) is 0 Å². The first kappa shape index (κ1) is 53.7. The van der Waals surface area contributed by atoms with Crippen molar-refractivity contribution in [1.82, 2.24) is 0 Å². The number of esters is 2. The zero-order valence-electron chi connectivity index (χ0n) is 39.6. The normalized spacial score (nSPS) is 28.1. The first-order valence-corrected chi connectivity index (χ1v) is 23.2. The van der Waals surface area contributed by atoms with E-state index in [0.29, 0.717) is 45.4 Å². The summed E-state index contributed by atoms with van der Waals surface area (Å²) in [7, 11) is 1.53. The number of rotatable bonds is 4. The standard InChI is InChI=1S/C27H34O7.C21H22O7.C3H5Cl2N/c1-16-10-11-17(2)25-21(33-27(4,5)34-25)9-7-8-20-19-12-13-30-22(19)14-23(31-15-29-6)24(20)26(28)32-18(16)3;1-11-6-7-16(23)20(25)15(22)5-3-4-14-13-8-9-27-18(13)10-17(24)19(14)21(26)28-12(11)2;1-2-6-3(4)5/h7-8,10-14,16-18,21,25H,9,15H2,1-6H3;3-4,6-12,15,20,22,24-25H,5H2,1-2H3;2-3H,1H3/b8-7?,11-10-;4-3+,7-6-;/t16-,17?,18+,21+,25-;11-,12+,15+,20+;/m11./s1. The van der Waals surface area contributed by atoms with Gasteiger partial charge in [0.25, 0.3) is 0 Å². The van der Waals surface area contributed by atoms with Crippen LogP contribution < -0.4 is 4.74 Å². The fraction of sp³-hybridized carbons (Fsp3) is 0.451. The second kappa shape index (κ2) is 24.3. The topological polar surface area (TPSA) is 206 Å². The molecule has 68 heavy (non-hydrogen) atoms. The number of ketones is 1. The highest BCUT2D eigenvalue weighted by atomic mass is 35.5. The molecule has 3 N–H and O–H groups in total. The van der Waals surface area contributed by atoms with Gasteiger partial charge in [0.15, 0.2) is 23.3 Å². The molecule has 1 fully saturated rings. The number of methoxy groups -OCH3 is 1. The van der Waals surface area contributed by atoms with Crippen molar-refractivity contribution in [2.75, 3.05) is 13.9 Å². The Morgan fingerprint density at radius 2 is 1.35 bits per heavy atom. The van der Waals surface area contributed by atoms with Gasteiger partial charge < -0.3 is 52.6 Å². The van der Waals surface area contributed by atoms with Crippen LogP contribution >= 0.6 is 23.2 Å². The first-order valence-electron chi connectivity index (χ1n) is 22.3. The molecule has 3 aliphatic rings. The number of ether oxygens (including phenoxy) is 6. The van der Waals surface area contributed by atoms with Gasteiger partial charge in [-0.05, 0) is 71.9 Å². The number of nitrogens with zero attached hydrogens (tertiary/aromatic N) is 1. The molecule has 0 spiro atoms. The van der Waals surface area contributed by atoms with E-state index in [2.05, 4.69) is 24.1 Å². The summed E-state index contributed by atoms with van der Waals surface area (Å²) in [6, 6.07) is 6.54. The van der Waals surface area contributed by atoms with Crippen molar-refractivity contribution < 1.29 is 67.0 Å². The second-order valence-corrected chi connectivity index (χ2v) is 18.2. The van der Waals surface area contributed by atoms with Gasteiger partial charge in [-0.25, -0.2) is 9.59 Å². The summed E-state index contributed by atoms with van der Waals surface area (Å²) in [5.41, 5.74) is 2.37. The number of aromatic hydroxyl groups is 1. The molecular formula is C51H61Cl2NO14. The lowest BCUT2D eigenvalue weighted by atomic mass is 9.94. The Kier molecular flexibility index (Phi) is 19.2. The Balaban J connectivity index is 0.000000230. The molecule has 5 heterocycles. The minimum Gasteiger partial charge on any atom is -0.507 e. The first-order chi connectivity index (χ1) is 32.3. The summed E-state index contributed by atoms with van der Waals surface area (Å²) in [6.07, 6.45) is 15.0. The summed E-state index contributed by atoms with van der Waals surface area (Å²) in [5, 5.41) is 31.9. The molecule has 368 valence electrons. The molecule has 2 aromatic heterocycles. The summed E-state index contributed by atoms with van der Waals surface area (Å²) in [5.74, 6) is -2.58. The Morgan fingerprint density at radius 1 is 0.794 bits per heavy atom. The average Bonchev–Trinajstić information content (AvgIpc) is 4.04. The van der Waals surface area contributed by atoms with Crippen molar-refractivity contribution in [2.45, 2.75) is 116 Å². The third-order valence-electron chi connectivity index (χ3n) is 11.6. The number of carbonyl (C=O) groups excluding carboxylic acids is 3. The van der Waals surface area contributed by atoms with Crippen LogP contribution in [0, 0.1) is 17.8 Å².